The van der Waals surface area contributed by atoms with E-state index in [1.54, 1.807) is 25.4 Å². The number of nitrogens with zero attached hydrogens (tertiary/aromatic N) is 4. The maximum Gasteiger partial charge on any atom is 0.350 e. The average Bonchev–Trinajstić information content (AvgIpc) is 3.06. The van der Waals surface area contributed by atoms with Crippen molar-refractivity contribution < 1.29 is 9.53 Å². The molecule has 0 aromatic carbocycles. The van der Waals surface area contributed by atoms with Gasteiger partial charge in [0.25, 0.3) is 0 Å². The van der Waals surface area contributed by atoms with Crippen molar-refractivity contribution in [1.29, 1.82) is 0 Å². The van der Waals surface area contributed by atoms with Crippen LogP contribution in [0.1, 0.15) is 28.2 Å². The van der Waals surface area contributed by atoms with Crippen molar-refractivity contribution in [2.24, 2.45) is 0 Å². The third kappa shape index (κ3) is 3.28. The van der Waals surface area contributed by atoms with E-state index in [1.807, 2.05) is 26.0 Å². The number of ketones is 1. The van der Waals surface area contributed by atoms with Crippen LogP contribution in [0.5, 0.6) is 0 Å². The SMILES string of the molecule is COCCCn1c(C)cc(C(=O)Cn2nc3ccccn3c2=O)c1C. The first-order valence-electron chi connectivity index (χ1n) is 8.26. The molecule has 3 aromatic rings. The molecule has 0 spiro atoms. The number of rotatable bonds is 7. The molecule has 0 fully saturated rings. The van der Waals surface area contributed by atoms with Gasteiger partial charge in [-0.3, -0.25) is 9.20 Å². The predicted molar refractivity (Wildman–Crippen MR) is 94.2 cm³/mol. The first kappa shape index (κ1) is 17.2. The van der Waals surface area contributed by atoms with Crippen molar-refractivity contribution in [2.75, 3.05) is 13.7 Å². The quantitative estimate of drug-likeness (QED) is 0.485. The van der Waals surface area contributed by atoms with Gasteiger partial charge in [-0.1, -0.05) is 6.07 Å². The topological polar surface area (TPSA) is 70.5 Å². The van der Waals surface area contributed by atoms with E-state index in [9.17, 15) is 9.59 Å². The zero-order valence-electron chi connectivity index (χ0n) is 14.7. The Balaban J connectivity index is 1.84. The summed E-state index contributed by atoms with van der Waals surface area (Å²) in [4.78, 5) is 25.0. The smallest absolute Gasteiger partial charge is 0.350 e. The first-order chi connectivity index (χ1) is 12.0. The number of Topliss-reactive ketones (excluding diaryl/α,β-unsaturated/α-hetero) is 1. The molecule has 3 rings (SSSR count). The summed E-state index contributed by atoms with van der Waals surface area (Å²) in [5.41, 5.74) is 2.80. The highest BCUT2D eigenvalue weighted by molar-refractivity contribution is 5.97. The van der Waals surface area contributed by atoms with E-state index in [2.05, 4.69) is 9.67 Å². The number of carbonyl (C=O) groups excluding carboxylic acids is 1. The molecule has 0 N–H and O–H groups in total. The molecule has 0 saturated heterocycles. The summed E-state index contributed by atoms with van der Waals surface area (Å²) in [6, 6.07) is 7.19. The van der Waals surface area contributed by atoms with Crippen molar-refractivity contribution >= 4 is 11.4 Å². The lowest BCUT2D eigenvalue weighted by atomic mass is 10.1. The molecule has 0 aliphatic heterocycles. The summed E-state index contributed by atoms with van der Waals surface area (Å²) in [6.07, 6.45) is 2.53. The number of hydrogen-bond donors (Lipinski definition) is 0. The highest BCUT2D eigenvalue weighted by Gasteiger charge is 2.18. The molecule has 132 valence electrons. The van der Waals surface area contributed by atoms with Crippen LogP contribution in [0.2, 0.25) is 0 Å². The Labute approximate surface area is 145 Å². The van der Waals surface area contributed by atoms with Gasteiger partial charge in [0, 0.05) is 43.4 Å². The van der Waals surface area contributed by atoms with Crippen LogP contribution in [0.3, 0.4) is 0 Å². The fourth-order valence-corrected chi connectivity index (χ4v) is 3.09. The van der Waals surface area contributed by atoms with Gasteiger partial charge in [-0.05, 0) is 38.5 Å². The second-order valence-electron chi connectivity index (χ2n) is 6.08. The standard InChI is InChI=1S/C18H22N4O3/c1-13-11-15(14(2)20(13)9-6-10-25-3)16(23)12-22-18(24)21-8-5-4-7-17(21)19-22/h4-5,7-8,11H,6,9-10,12H2,1-3H3. The second-order valence-corrected chi connectivity index (χ2v) is 6.08. The van der Waals surface area contributed by atoms with Crippen LogP contribution in [0.15, 0.2) is 35.3 Å². The molecule has 0 aliphatic carbocycles. The lowest BCUT2D eigenvalue weighted by molar-refractivity contribution is 0.0965. The van der Waals surface area contributed by atoms with Gasteiger partial charge < -0.3 is 9.30 Å². The number of aryl methyl sites for hydroxylation is 1. The Bertz CT molecular complexity index is 965. The van der Waals surface area contributed by atoms with Crippen LogP contribution < -0.4 is 5.69 Å². The van der Waals surface area contributed by atoms with Gasteiger partial charge in [0.2, 0.25) is 0 Å². The maximum atomic E-state index is 12.7. The summed E-state index contributed by atoms with van der Waals surface area (Å²) < 4.78 is 9.85. The molecule has 0 atom stereocenters. The monoisotopic (exact) mass is 342 g/mol. The van der Waals surface area contributed by atoms with E-state index in [0.717, 1.165) is 24.4 Å². The van der Waals surface area contributed by atoms with E-state index in [-0.39, 0.29) is 18.0 Å². The average molecular weight is 342 g/mol. The van der Waals surface area contributed by atoms with Gasteiger partial charge in [-0.25, -0.2) is 9.48 Å². The maximum absolute atomic E-state index is 12.7. The summed E-state index contributed by atoms with van der Waals surface area (Å²) in [5, 5.41) is 4.22. The Morgan fingerprint density at radius 3 is 2.80 bits per heavy atom. The molecule has 0 bridgehead atoms. The molecule has 3 heterocycles. The lowest BCUT2D eigenvalue weighted by Crippen LogP contribution is -2.25. The van der Waals surface area contributed by atoms with Crippen molar-refractivity contribution in [3.63, 3.8) is 0 Å². The number of aromatic nitrogens is 4. The molecular weight excluding hydrogens is 320 g/mol. The Hall–Kier alpha value is -2.67. The molecule has 0 radical (unpaired) electrons. The van der Waals surface area contributed by atoms with Crippen LogP contribution >= 0.6 is 0 Å². The molecular formula is C18H22N4O3. The van der Waals surface area contributed by atoms with Crippen LogP contribution in [0.4, 0.5) is 0 Å². The van der Waals surface area contributed by atoms with Crippen LogP contribution in [-0.2, 0) is 17.8 Å². The highest BCUT2D eigenvalue weighted by atomic mass is 16.5. The number of fused-ring (bicyclic) bond motifs is 1. The zero-order valence-corrected chi connectivity index (χ0v) is 14.7. The second kappa shape index (κ2) is 7.06. The minimum atomic E-state index is -0.308. The molecule has 0 unspecified atom stereocenters. The Morgan fingerprint density at radius 2 is 2.08 bits per heavy atom. The van der Waals surface area contributed by atoms with E-state index in [0.29, 0.717) is 17.8 Å². The van der Waals surface area contributed by atoms with E-state index >= 15 is 0 Å². The third-order valence-electron chi connectivity index (χ3n) is 4.39. The van der Waals surface area contributed by atoms with Gasteiger partial charge in [0.05, 0.1) is 0 Å². The molecule has 7 nitrogen and oxygen atoms in total. The van der Waals surface area contributed by atoms with Gasteiger partial charge in [-0.2, -0.15) is 0 Å². The van der Waals surface area contributed by atoms with Gasteiger partial charge in [0.15, 0.2) is 11.4 Å². The summed E-state index contributed by atoms with van der Waals surface area (Å²) in [7, 11) is 1.68. The summed E-state index contributed by atoms with van der Waals surface area (Å²) in [6.45, 7) is 5.32. The molecule has 7 heteroatoms. The van der Waals surface area contributed by atoms with Crippen molar-refractivity contribution in [3.05, 3.63) is 57.9 Å². The minimum Gasteiger partial charge on any atom is -0.385 e. The van der Waals surface area contributed by atoms with Crippen molar-refractivity contribution in [3.8, 4) is 0 Å². The van der Waals surface area contributed by atoms with E-state index in [1.165, 1.54) is 9.08 Å². The fourth-order valence-electron chi connectivity index (χ4n) is 3.09. The number of pyridine rings is 1. The first-order valence-corrected chi connectivity index (χ1v) is 8.26. The zero-order chi connectivity index (χ0) is 18.0. The predicted octanol–water partition coefficient (Wildman–Crippen LogP) is 1.83. The van der Waals surface area contributed by atoms with Gasteiger partial charge >= 0.3 is 5.69 Å². The Morgan fingerprint density at radius 1 is 1.28 bits per heavy atom. The summed E-state index contributed by atoms with van der Waals surface area (Å²) >= 11 is 0. The van der Waals surface area contributed by atoms with Crippen molar-refractivity contribution in [2.45, 2.75) is 33.4 Å². The summed E-state index contributed by atoms with van der Waals surface area (Å²) in [5.74, 6) is -0.114. The van der Waals surface area contributed by atoms with Gasteiger partial charge in [0.1, 0.15) is 6.54 Å². The van der Waals surface area contributed by atoms with Crippen LogP contribution in [0, 0.1) is 13.8 Å². The number of hydrogen-bond acceptors (Lipinski definition) is 4. The molecule has 0 aliphatic rings. The van der Waals surface area contributed by atoms with E-state index in [4.69, 9.17) is 4.74 Å². The number of methoxy groups -OCH3 is 1. The van der Waals surface area contributed by atoms with Crippen LogP contribution in [-0.4, -0.2) is 38.2 Å². The van der Waals surface area contributed by atoms with E-state index < -0.39 is 0 Å². The Kier molecular flexibility index (Phi) is 4.85. The van der Waals surface area contributed by atoms with Gasteiger partial charge in [-0.15, -0.1) is 5.10 Å². The third-order valence-corrected chi connectivity index (χ3v) is 4.39. The highest BCUT2D eigenvalue weighted by Crippen LogP contribution is 2.17. The minimum absolute atomic E-state index is 0.0666. The van der Waals surface area contributed by atoms with Crippen LogP contribution in [0.25, 0.3) is 5.65 Å². The fraction of sp³-hybridized carbons (Fsp3) is 0.389. The molecule has 3 aromatic heterocycles. The number of ether oxygens (including phenoxy) is 1. The molecule has 0 saturated carbocycles. The normalized spacial score (nSPS) is 11.3. The van der Waals surface area contributed by atoms with Crippen molar-refractivity contribution in [1.82, 2.24) is 18.7 Å². The lowest BCUT2D eigenvalue weighted by Gasteiger charge is -2.09. The molecule has 25 heavy (non-hydrogen) atoms. The number of carbonyl (C=O) groups is 1. The largest absolute Gasteiger partial charge is 0.385 e. The molecule has 0 amide bonds.